The van der Waals surface area contributed by atoms with Crippen molar-refractivity contribution in [3.8, 4) is 6.07 Å². The highest BCUT2D eigenvalue weighted by Gasteiger charge is 2.11. The lowest BCUT2D eigenvalue weighted by molar-refractivity contribution is -0.119. The van der Waals surface area contributed by atoms with E-state index in [9.17, 15) is 4.79 Å². The molecule has 0 saturated heterocycles. The molecule has 0 spiro atoms. The van der Waals surface area contributed by atoms with Gasteiger partial charge in [-0.25, -0.2) is 0 Å². The molecule has 4 heteroatoms. The molecule has 90 valence electrons. The van der Waals surface area contributed by atoms with Crippen LogP contribution in [0.3, 0.4) is 0 Å². The van der Waals surface area contributed by atoms with E-state index in [-0.39, 0.29) is 11.8 Å². The van der Waals surface area contributed by atoms with Crippen molar-refractivity contribution in [3.05, 3.63) is 29.8 Å². The smallest absolute Gasteiger partial charge is 0.227 e. The second kappa shape index (κ2) is 6.66. The highest BCUT2D eigenvalue weighted by molar-refractivity contribution is 5.92. The number of anilines is 1. The molecule has 0 fully saturated rings. The molecule has 4 nitrogen and oxygen atoms in total. The number of benzene rings is 1. The van der Waals surface area contributed by atoms with Crippen molar-refractivity contribution in [1.29, 1.82) is 5.26 Å². The van der Waals surface area contributed by atoms with Gasteiger partial charge in [-0.05, 0) is 30.7 Å². The van der Waals surface area contributed by atoms with Crippen LogP contribution < -0.4 is 11.1 Å². The Labute approximate surface area is 101 Å². The molecule has 1 aromatic rings. The van der Waals surface area contributed by atoms with Crippen molar-refractivity contribution in [2.24, 2.45) is 11.7 Å². The van der Waals surface area contributed by atoms with Crippen LogP contribution >= 0.6 is 0 Å². The number of rotatable bonds is 5. The molecule has 0 aromatic heterocycles. The van der Waals surface area contributed by atoms with Crippen LogP contribution in [0, 0.1) is 17.2 Å². The maximum atomic E-state index is 11.7. The summed E-state index contributed by atoms with van der Waals surface area (Å²) in [5.41, 5.74) is 7.10. The number of carbonyl (C=O) groups is 1. The quantitative estimate of drug-likeness (QED) is 0.809. The van der Waals surface area contributed by atoms with Gasteiger partial charge in [0.2, 0.25) is 5.91 Å². The molecule has 3 N–H and O–H groups in total. The number of nitrogens with one attached hydrogen (secondary N) is 1. The number of nitrogens with two attached hydrogens (primary N) is 1. The number of hydrogen-bond acceptors (Lipinski definition) is 3. The van der Waals surface area contributed by atoms with Gasteiger partial charge in [-0.1, -0.05) is 19.1 Å². The van der Waals surface area contributed by atoms with Crippen LogP contribution in [0.2, 0.25) is 0 Å². The van der Waals surface area contributed by atoms with Gasteiger partial charge in [0.05, 0.1) is 12.5 Å². The van der Waals surface area contributed by atoms with Crippen molar-refractivity contribution >= 4 is 11.6 Å². The van der Waals surface area contributed by atoms with Crippen molar-refractivity contribution in [1.82, 2.24) is 0 Å². The second-order valence-electron chi connectivity index (χ2n) is 4.00. The van der Waals surface area contributed by atoms with Gasteiger partial charge < -0.3 is 11.1 Å². The average Bonchev–Trinajstić information content (AvgIpc) is 2.32. The third kappa shape index (κ3) is 4.25. The first-order valence-corrected chi connectivity index (χ1v) is 5.64. The first kappa shape index (κ1) is 13.2. The Hall–Kier alpha value is -1.86. The summed E-state index contributed by atoms with van der Waals surface area (Å²) in [5, 5.41) is 11.4. The zero-order valence-electron chi connectivity index (χ0n) is 9.94. The number of nitrogens with zero attached hydrogens (tertiary/aromatic N) is 1. The largest absolute Gasteiger partial charge is 0.330 e. The van der Waals surface area contributed by atoms with Gasteiger partial charge in [0.15, 0.2) is 0 Å². The molecule has 0 radical (unpaired) electrons. The van der Waals surface area contributed by atoms with Crippen molar-refractivity contribution < 1.29 is 4.79 Å². The molecule has 1 atom stereocenters. The van der Waals surface area contributed by atoms with Gasteiger partial charge >= 0.3 is 0 Å². The Kier molecular flexibility index (Phi) is 5.18. The molecule has 1 aromatic carbocycles. The van der Waals surface area contributed by atoms with E-state index in [0.29, 0.717) is 19.4 Å². The van der Waals surface area contributed by atoms with Crippen LogP contribution in [0.5, 0.6) is 0 Å². The highest BCUT2D eigenvalue weighted by atomic mass is 16.1. The monoisotopic (exact) mass is 231 g/mol. The number of hydrogen-bond donors (Lipinski definition) is 2. The zero-order valence-corrected chi connectivity index (χ0v) is 9.94. The minimum absolute atomic E-state index is 0.0246. The molecule has 0 heterocycles. The van der Waals surface area contributed by atoms with E-state index >= 15 is 0 Å². The first-order chi connectivity index (χ1) is 8.17. The summed E-state index contributed by atoms with van der Waals surface area (Å²) in [5.74, 6) is -0.109. The fraction of sp³-hybridized carbons (Fsp3) is 0.385. The molecule has 0 aliphatic heterocycles. The molecule has 0 bridgehead atoms. The summed E-state index contributed by atoms with van der Waals surface area (Å²) >= 11 is 0. The molecule has 17 heavy (non-hydrogen) atoms. The lowest BCUT2D eigenvalue weighted by atomic mass is 10.1. The van der Waals surface area contributed by atoms with Crippen molar-refractivity contribution in [2.45, 2.75) is 19.8 Å². The molecular weight excluding hydrogens is 214 g/mol. The number of amides is 1. The molecule has 1 rings (SSSR count). The van der Waals surface area contributed by atoms with Gasteiger partial charge in [0.25, 0.3) is 0 Å². The van der Waals surface area contributed by atoms with E-state index in [1.807, 2.05) is 19.1 Å². The van der Waals surface area contributed by atoms with Gasteiger partial charge in [-0.3, -0.25) is 4.79 Å². The molecule has 0 aliphatic carbocycles. The Bertz CT molecular complexity index is 406. The van der Waals surface area contributed by atoms with E-state index in [1.54, 1.807) is 12.1 Å². The first-order valence-electron chi connectivity index (χ1n) is 5.64. The summed E-state index contributed by atoms with van der Waals surface area (Å²) in [4.78, 5) is 11.7. The van der Waals surface area contributed by atoms with Crippen LogP contribution in [0.25, 0.3) is 0 Å². The minimum Gasteiger partial charge on any atom is -0.330 e. The predicted octanol–water partition coefficient (Wildman–Crippen LogP) is 1.68. The maximum Gasteiger partial charge on any atom is 0.227 e. The highest BCUT2D eigenvalue weighted by Crippen LogP contribution is 2.12. The normalized spacial score (nSPS) is 11.6. The van der Waals surface area contributed by atoms with E-state index < -0.39 is 0 Å². The SMILES string of the molecule is CC(CCN)C(=O)Nc1ccc(CC#N)cc1. The van der Waals surface area contributed by atoms with Crippen LogP contribution in [-0.2, 0) is 11.2 Å². The van der Waals surface area contributed by atoms with Crippen LogP contribution in [-0.4, -0.2) is 12.5 Å². The van der Waals surface area contributed by atoms with E-state index in [0.717, 1.165) is 11.3 Å². The van der Waals surface area contributed by atoms with Gasteiger partial charge in [0.1, 0.15) is 0 Å². The van der Waals surface area contributed by atoms with Crippen LogP contribution in [0.15, 0.2) is 24.3 Å². The fourth-order valence-corrected chi connectivity index (χ4v) is 1.44. The van der Waals surface area contributed by atoms with Crippen molar-refractivity contribution in [3.63, 3.8) is 0 Å². The zero-order chi connectivity index (χ0) is 12.7. The van der Waals surface area contributed by atoms with Crippen LogP contribution in [0.4, 0.5) is 5.69 Å². The summed E-state index contributed by atoms with van der Waals surface area (Å²) in [6, 6.07) is 9.37. The molecule has 0 saturated carbocycles. The Balaban J connectivity index is 2.57. The summed E-state index contributed by atoms with van der Waals surface area (Å²) in [6.45, 7) is 2.36. The lowest BCUT2D eigenvalue weighted by Gasteiger charge is -2.11. The lowest BCUT2D eigenvalue weighted by Crippen LogP contribution is -2.22. The summed E-state index contributed by atoms with van der Waals surface area (Å²) in [6.07, 6.45) is 1.07. The summed E-state index contributed by atoms with van der Waals surface area (Å²) in [7, 11) is 0. The van der Waals surface area contributed by atoms with Gasteiger partial charge in [-0.2, -0.15) is 5.26 Å². The molecule has 1 amide bonds. The van der Waals surface area contributed by atoms with Crippen molar-refractivity contribution in [2.75, 3.05) is 11.9 Å². The molecule has 1 unspecified atom stereocenters. The Morgan fingerprint density at radius 3 is 2.65 bits per heavy atom. The van der Waals surface area contributed by atoms with Gasteiger partial charge in [-0.15, -0.1) is 0 Å². The second-order valence-corrected chi connectivity index (χ2v) is 4.00. The van der Waals surface area contributed by atoms with Crippen LogP contribution in [0.1, 0.15) is 18.9 Å². The molecule has 0 aliphatic rings. The number of carbonyl (C=O) groups excluding carboxylic acids is 1. The number of nitriles is 1. The maximum absolute atomic E-state index is 11.7. The van der Waals surface area contributed by atoms with E-state index in [4.69, 9.17) is 11.0 Å². The minimum atomic E-state index is -0.0845. The summed E-state index contributed by atoms with van der Waals surface area (Å²) < 4.78 is 0. The topological polar surface area (TPSA) is 78.9 Å². The fourth-order valence-electron chi connectivity index (χ4n) is 1.44. The Morgan fingerprint density at radius 2 is 2.12 bits per heavy atom. The third-order valence-corrected chi connectivity index (χ3v) is 2.55. The van der Waals surface area contributed by atoms with E-state index in [1.165, 1.54) is 0 Å². The molecular formula is C13H17N3O. The standard InChI is InChI=1S/C13H17N3O/c1-10(6-8-14)13(17)16-12-4-2-11(3-5-12)7-9-15/h2-5,10H,6-8,14H2,1H3,(H,16,17). The predicted molar refractivity (Wildman–Crippen MR) is 67.2 cm³/mol. The van der Waals surface area contributed by atoms with E-state index in [2.05, 4.69) is 11.4 Å². The van der Waals surface area contributed by atoms with Gasteiger partial charge in [0, 0.05) is 11.6 Å². The Morgan fingerprint density at radius 1 is 1.47 bits per heavy atom. The average molecular weight is 231 g/mol. The third-order valence-electron chi connectivity index (χ3n) is 2.55.